The summed E-state index contributed by atoms with van der Waals surface area (Å²) in [5, 5.41) is 2.67. The Bertz CT molecular complexity index is 500. The number of benzene rings is 1. The second kappa shape index (κ2) is 5.13. The van der Waals surface area contributed by atoms with Crippen molar-refractivity contribution in [3.05, 3.63) is 29.3 Å². The lowest BCUT2D eigenvalue weighted by molar-refractivity contribution is 0.0420. The molecule has 1 amide bonds. The molecule has 0 aliphatic carbocycles. The zero-order valence-electron chi connectivity index (χ0n) is 10.6. The molecule has 0 saturated carbocycles. The first kappa shape index (κ1) is 13.7. The third-order valence-corrected chi connectivity index (χ3v) is 3.36. The van der Waals surface area contributed by atoms with E-state index in [1.165, 1.54) is 0 Å². The number of nitrogens with two attached hydrogens (primary N) is 1. The van der Waals surface area contributed by atoms with Crippen LogP contribution >= 0.6 is 0 Å². The summed E-state index contributed by atoms with van der Waals surface area (Å²) in [6, 6.07) is 2.08. The molecule has 1 aromatic rings. The van der Waals surface area contributed by atoms with E-state index in [1.54, 1.807) is 0 Å². The Morgan fingerprint density at radius 3 is 2.63 bits per heavy atom. The van der Waals surface area contributed by atoms with Crippen LogP contribution in [0.3, 0.4) is 0 Å². The van der Waals surface area contributed by atoms with E-state index in [1.807, 2.05) is 6.92 Å². The van der Waals surface area contributed by atoms with E-state index in [4.69, 9.17) is 10.5 Å². The van der Waals surface area contributed by atoms with Crippen LogP contribution in [0, 0.1) is 11.6 Å². The summed E-state index contributed by atoms with van der Waals surface area (Å²) < 4.78 is 32.5. The molecule has 0 bridgehead atoms. The SMILES string of the molecule is CC1(NC(=O)c2c(F)ccc(N)c2F)CCOCC1. The molecular formula is C13H16F2N2O2. The molecule has 3 N–H and O–H groups in total. The van der Waals surface area contributed by atoms with Crippen LogP contribution in [0.5, 0.6) is 0 Å². The van der Waals surface area contributed by atoms with Crippen molar-refractivity contribution >= 4 is 11.6 Å². The predicted octanol–water partition coefficient (Wildman–Crippen LogP) is 1.85. The highest BCUT2D eigenvalue weighted by Gasteiger charge is 2.31. The third-order valence-electron chi connectivity index (χ3n) is 3.36. The number of hydrogen-bond donors (Lipinski definition) is 2. The van der Waals surface area contributed by atoms with Gasteiger partial charge in [0.05, 0.1) is 5.69 Å². The third kappa shape index (κ3) is 2.84. The number of anilines is 1. The number of nitrogen functional groups attached to an aromatic ring is 1. The smallest absolute Gasteiger partial charge is 0.257 e. The van der Waals surface area contributed by atoms with Gasteiger partial charge in [0.1, 0.15) is 11.4 Å². The molecule has 1 aromatic carbocycles. The molecule has 0 atom stereocenters. The average molecular weight is 270 g/mol. The van der Waals surface area contributed by atoms with Gasteiger partial charge in [-0.25, -0.2) is 8.78 Å². The summed E-state index contributed by atoms with van der Waals surface area (Å²) in [6.07, 6.45) is 1.20. The first-order chi connectivity index (χ1) is 8.93. The van der Waals surface area contributed by atoms with E-state index in [0.717, 1.165) is 12.1 Å². The van der Waals surface area contributed by atoms with Gasteiger partial charge in [0.15, 0.2) is 5.82 Å². The first-order valence-corrected chi connectivity index (χ1v) is 6.07. The molecule has 1 aliphatic heterocycles. The summed E-state index contributed by atoms with van der Waals surface area (Å²) >= 11 is 0. The highest BCUT2D eigenvalue weighted by molar-refractivity contribution is 5.96. The summed E-state index contributed by atoms with van der Waals surface area (Å²) in [5.74, 6) is -2.72. The number of hydrogen-bond acceptors (Lipinski definition) is 3. The van der Waals surface area contributed by atoms with Gasteiger partial charge in [-0.3, -0.25) is 4.79 Å². The highest BCUT2D eigenvalue weighted by atomic mass is 19.1. The fourth-order valence-corrected chi connectivity index (χ4v) is 2.06. The molecule has 0 radical (unpaired) electrons. The molecule has 1 saturated heterocycles. The summed E-state index contributed by atoms with van der Waals surface area (Å²) in [5.41, 5.74) is 3.96. The zero-order chi connectivity index (χ0) is 14.0. The second-order valence-corrected chi connectivity index (χ2v) is 4.95. The van der Waals surface area contributed by atoms with Gasteiger partial charge >= 0.3 is 0 Å². The van der Waals surface area contributed by atoms with Crippen molar-refractivity contribution in [3.63, 3.8) is 0 Å². The van der Waals surface area contributed by atoms with Crippen molar-refractivity contribution in [1.82, 2.24) is 5.32 Å². The van der Waals surface area contributed by atoms with Gasteiger partial charge in [-0.15, -0.1) is 0 Å². The summed E-state index contributed by atoms with van der Waals surface area (Å²) in [7, 11) is 0. The minimum atomic E-state index is -1.02. The Morgan fingerprint density at radius 2 is 2.00 bits per heavy atom. The van der Waals surface area contributed by atoms with Gasteiger partial charge in [-0.1, -0.05) is 0 Å². The normalized spacial score (nSPS) is 18.1. The minimum absolute atomic E-state index is 0.247. The van der Waals surface area contributed by atoms with Crippen molar-refractivity contribution < 1.29 is 18.3 Å². The van der Waals surface area contributed by atoms with Gasteiger partial charge in [-0.05, 0) is 31.9 Å². The van der Waals surface area contributed by atoms with Crippen LogP contribution in [0.1, 0.15) is 30.1 Å². The van der Waals surface area contributed by atoms with Crippen molar-refractivity contribution in [1.29, 1.82) is 0 Å². The average Bonchev–Trinajstić information content (AvgIpc) is 2.34. The standard InChI is InChI=1S/C13H16F2N2O2/c1-13(4-6-19-7-5-13)17-12(18)10-8(14)2-3-9(16)11(10)15/h2-3H,4-7,16H2,1H3,(H,17,18). The van der Waals surface area contributed by atoms with E-state index in [0.29, 0.717) is 26.1 Å². The molecule has 1 aliphatic rings. The number of carbonyl (C=O) groups excluding carboxylic acids is 1. The molecule has 0 spiro atoms. The molecule has 6 heteroatoms. The molecule has 19 heavy (non-hydrogen) atoms. The number of carbonyl (C=O) groups is 1. The van der Waals surface area contributed by atoms with Crippen molar-refractivity contribution in [3.8, 4) is 0 Å². The van der Waals surface area contributed by atoms with E-state index < -0.39 is 28.6 Å². The van der Waals surface area contributed by atoms with Crippen LogP contribution in [0.2, 0.25) is 0 Å². The lowest BCUT2D eigenvalue weighted by Crippen LogP contribution is -2.50. The maximum Gasteiger partial charge on any atom is 0.257 e. The first-order valence-electron chi connectivity index (χ1n) is 6.07. The van der Waals surface area contributed by atoms with Crippen molar-refractivity contribution in [2.75, 3.05) is 18.9 Å². The maximum absolute atomic E-state index is 13.7. The Kier molecular flexibility index (Phi) is 3.71. The van der Waals surface area contributed by atoms with E-state index in [-0.39, 0.29) is 5.69 Å². The molecule has 4 nitrogen and oxygen atoms in total. The van der Waals surface area contributed by atoms with Crippen LogP contribution in [0.4, 0.5) is 14.5 Å². The molecular weight excluding hydrogens is 254 g/mol. The van der Waals surface area contributed by atoms with Crippen molar-refractivity contribution in [2.24, 2.45) is 0 Å². The number of ether oxygens (including phenoxy) is 1. The number of rotatable bonds is 2. The maximum atomic E-state index is 13.7. The van der Waals surface area contributed by atoms with E-state index in [9.17, 15) is 13.6 Å². The van der Waals surface area contributed by atoms with Gasteiger partial charge in [0, 0.05) is 18.8 Å². The molecule has 0 aromatic heterocycles. The Hall–Kier alpha value is -1.69. The lowest BCUT2D eigenvalue weighted by atomic mass is 9.92. The summed E-state index contributed by atoms with van der Waals surface area (Å²) in [6.45, 7) is 2.85. The Morgan fingerprint density at radius 1 is 1.37 bits per heavy atom. The predicted molar refractivity (Wildman–Crippen MR) is 66.7 cm³/mol. The monoisotopic (exact) mass is 270 g/mol. The fourth-order valence-electron chi connectivity index (χ4n) is 2.06. The Balaban J connectivity index is 2.23. The van der Waals surface area contributed by atoms with Gasteiger partial charge in [0.25, 0.3) is 5.91 Å². The van der Waals surface area contributed by atoms with Gasteiger partial charge in [0.2, 0.25) is 0 Å². The fraction of sp³-hybridized carbons (Fsp3) is 0.462. The summed E-state index contributed by atoms with van der Waals surface area (Å²) in [4.78, 5) is 12.0. The Labute approximate surface area is 109 Å². The topological polar surface area (TPSA) is 64.4 Å². The second-order valence-electron chi connectivity index (χ2n) is 4.95. The molecule has 1 heterocycles. The molecule has 104 valence electrons. The molecule has 1 fully saturated rings. The minimum Gasteiger partial charge on any atom is -0.396 e. The number of amides is 1. The van der Waals surface area contributed by atoms with Crippen LogP contribution in [0.25, 0.3) is 0 Å². The highest BCUT2D eigenvalue weighted by Crippen LogP contribution is 2.23. The van der Waals surface area contributed by atoms with E-state index >= 15 is 0 Å². The number of halogens is 2. The van der Waals surface area contributed by atoms with E-state index in [2.05, 4.69) is 5.32 Å². The van der Waals surface area contributed by atoms with Gasteiger partial charge in [-0.2, -0.15) is 0 Å². The van der Waals surface area contributed by atoms with Crippen molar-refractivity contribution in [2.45, 2.75) is 25.3 Å². The van der Waals surface area contributed by atoms with Gasteiger partial charge < -0.3 is 15.8 Å². The van der Waals surface area contributed by atoms with Crippen LogP contribution < -0.4 is 11.1 Å². The quantitative estimate of drug-likeness (QED) is 0.806. The lowest BCUT2D eigenvalue weighted by Gasteiger charge is -2.34. The largest absolute Gasteiger partial charge is 0.396 e. The van der Waals surface area contributed by atoms with Crippen LogP contribution in [0.15, 0.2) is 12.1 Å². The molecule has 2 rings (SSSR count). The molecule has 0 unspecified atom stereocenters. The van der Waals surface area contributed by atoms with Crippen LogP contribution in [-0.4, -0.2) is 24.7 Å². The van der Waals surface area contributed by atoms with Crippen LogP contribution in [-0.2, 0) is 4.74 Å². The number of nitrogens with one attached hydrogen (secondary N) is 1. The zero-order valence-corrected chi connectivity index (χ0v) is 10.6.